The van der Waals surface area contributed by atoms with Gasteiger partial charge in [0.2, 0.25) is 6.41 Å². The van der Waals surface area contributed by atoms with Crippen molar-refractivity contribution >= 4 is 23.7 Å². The molecule has 1 aliphatic heterocycles. The summed E-state index contributed by atoms with van der Waals surface area (Å²) in [4.78, 5) is 31.0. The van der Waals surface area contributed by atoms with E-state index in [2.05, 4.69) is 15.2 Å². The second-order valence-corrected chi connectivity index (χ2v) is 5.35. The summed E-state index contributed by atoms with van der Waals surface area (Å²) in [5.74, 6) is -0.228. The van der Waals surface area contributed by atoms with Crippen molar-refractivity contribution in [3.05, 3.63) is 54.4 Å². The molecule has 0 spiro atoms. The standard InChI is InChI=1S/C17H18N4O2/c22-13-20-8-10-21(11-9-20)15-6-7-16(18-12-15)17(23)19-14-4-2-1-3-5-14/h1-7,12-13H,8-11H2,(H,19,23). The molecule has 0 aliphatic carbocycles. The summed E-state index contributed by atoms with van der Waals surface area (Å²) >= 11 is 0. The van der Waals surface area contributed by atoms with Crippen molar-refractivity contribution in [1.29, 1.82) is 0 Å². The number of para-hydroxylation sites is 1. The van der Waals surface area contributed by atoms with Crippen LogP contribution in [0.15, 0.2) is 48.7 Å². The molecule has 1 N–H and O–H groups in total. The summed E-state index contributed by atoms with van der Waals surface area (Å²) in [7, 11) is 0. The van der Waals surface area contributed by atoms with E-state index in [1.807, 2.05) is 36.4 Å². The Morgan fingerprint density at radius 1 is 1.04 bits per heavy atom. The Morgan fingerprint density at radius 3 is 2.39 bits per heavy atom. The van der Waals surface area contributed by atoms with Crippen LogP contribution in [-0.4, -0.2) is 48.4 Å². The zero-order valence-electron chi connectivity index (χ0n) is 12.7. The maximum atomic E-state index is 12.2. The lowest BCUT2D eigenvalue weighted by Crippen LogP contribution is -2.45. The van der Waals surface area contributed by atoms with Gasteiger partial charge in [-0.25, -0.2) is 4.98 Å². The van der Waals surface area contributed by atoms with E-state index < -0.39 is 0 Å². The molecule has 2 aromatic rings. The number of rotatable bonds is 4. The Kier molecular flexibility index (Phi) is 4.52. The molecular weight excluding hydrogens is 292 g/mol. The number of benzene rings is 1. The van der Waals surface area contributed by atoms with Crippen LogP contribution >= 0.6 is 0 Å². The molecule has 1 fully saturated rings. The molecule has 118 valence electrons. The smallest absolute Gasteiger partial charge is 0.274 e. The fourth-order valence-corrected chi connectivity index (χ4v) is 2.51. The zero-order valence-corrected chi connectivity index (χ0v) is 12.7. The molecule has 0 atom stereocenters. The van der Waals surface area contributed by atoms with Gasteiger partial charge in [-0.15, -0.1) is 0 Å². The lowest BCUT2D eigenvalue weighted by molar-refractivity contribution is -0.118. The molecule has 6 nitrogen and oxygen atoms in total. The lowest BCUT2D eigenvalue weighted by Gasteiger charge is -2.33. The van der Waals surface area contributed by atoms with Gasteiger partial charge in [-0.3, -0.25) is 9.59 Å². The number of carbonyl (C=O) groups is 2. The minimum Gasteiger partial charge on any atom is -0.367 e. The molecule has 23 heavy (non-hydrogen) atoms. The zero-order chi connectivity index (χ0) is 16.1. The number of pyridine rings is 1. The third kappa shape index (κ3) is 3.66. The number of amides is 2. The molecule has 1 aromatic heterocycles. The highest BCUT2D eigenvalue weighted by Crippen LogP contribution is 2.16. The number of aromatic nitrogens is 1. The molecule has 0 saturated carbocycles. The van der Waals surface area contributed by atoms with Crippen molar-refractivity contribution in [2.24, 2.45) is 0 Å². The predicted molar refractivity (Wildman–Crippen MR) is 88.5 cm³/mol. The van der Waals surface area contributed by atoms with E-state index in [0.717, 1.165) is 30.9 Å². The van der Waals surface area contributed by atoms with Gasteiger partial charge in [0.1, 0.15) is 5.69 Å². The summed E-state index contributed by atoms with van der Waals surface area (Å²) < 4.78 is 0. The van der Waals surface area contributed by atoms with Crippen molar-refractivity contribution in [2.45, 2.75) is 0 Å². The number of nitrogens with zero attached hydrogens (tertiary/aromatic N) is 3. The van der Waals surface area contributed by atoms with E-state index in [1.165, 1.54) is 0 Å². The van der Waals surface area contributed by atoms with Gasteiger partial charge < -0.3 is 15.1 Å². The van der Waals surface area contributed by atoms with E-state index in [-0.39, 0.29) is 5.91 Å². The average molecular weight is 310 g/mol. The van der Waals surface area contributed by atoms with Crippen LogP contribution in [0.2, 0.25) is 0 Å². The number of carbonyl (C=O) groups excluding carboxylic acids is 2. The molecule has 3 rings (SSSR count). The van der Waals surface area contributed by atoms with Crippen LogP contribution in [0.1, 0.15) is 10.5 Å². The monoisotopic (exact) mass is 310 g/mol. The lowest BCUT2D eigenvalue weighted by atomic mass is 10.2. The van der Waals surface area contributed by atoms with Crippen LogP contribution in [0.5, 0.6) is 0 Å². The normalized spacial score (nSPS) is 14.4. The van der Waals surface area contributed by atoms with Gasteiger partial charge >= 0.3 is 0 Å². The van der Waals surface area contributed by atoms with Crippen molar-refractivity contribution in [3.8, 4) is 0 Å². The first-order chi connectivity index (χ1) is 11.3. The van der Waals surface area contributed by atoms with Crippen LogP contribution in [0.4, 0.5) is 11.4 Å². The summed E-state index contributed by atoms with van der Waals surface area (Å²) in [6, 6.07) is 12.9. The van der Waals surface area contributed by atoms with Crippen molar-refractivity contribution < 1.29 is 9.59 Å². The number of anilines is 2. The third-order valence-electron chi connectivity index (χ3n) is 3.84. The summed E-state index contributed by atoms with van der Waals surface area (Å²) in [5.41, 5.74) is 2.09. The maximum absolute atomic E-state index is 12.2. The number of hydrogen-bond donors (Lipinski definition) is 1. The Hall–Kier alpha value is -2.89. The molecule has 0 bridgehead atoms. The largest absolute Gasteiger partial charge is 0.367 e. The molecular formula is C17H18N4O2. The van der Waals surface area contributed by atoms with Gasteiger partial charge in [-0.2, -0.15) is 0 Å². The van der Waals surface area contributed by atoms with Gasteiger partial charge in [0.05, 0.1) is 11.9 Å². The van der Waals surface area contributed by atoms with E-state index in [9.17, 15) is 9.59 Å². The van der Waals surface area contributed by atoms with Gasteiger partial charge in [0, 0.05) is 31.9 Å². The fourth-order valence-electron chi connectivity index (χ4n) is 2.51. The maximum Gasteiger partial charge on any atom is 0.274 e. The predicted octanol–water partition coefficient (Wildman–Crippen LogP) is 1.61. The molecule has 0 unspecified atom stereocenters. The Balaban J connectivity index is 1.63. The molecule has 2 heterocycles. The van der Waals surface area contributed by atoms with E-state index in [1.54, 1.807) is 17.2 Å². The van der Waals surface area contributed by atoms with Crippen molar-refractivity contribution in [3.63, 3.8) is 0 Å². The van der Waals surface area contributed by atoms with Gasteiger partial charge in [-0.1, -0.05) is 18.2 Å². The highest BCUT2D eigenvalue weighted by atomic mass is 16.2. The number of piperazine rings is 1. The Bertz CT molecular complexity index is 665. The van der Waals surface area contributed by atoms with Gasteiger partial charge in [0.15, 0.2) is 0 Å². The highest BCUT2D eigenvalue weighted by Gasteiger charge is 2.16. The second kappa shape index (κ2) is 6.91. The molecule has 1 saturated heterocycles. The summed E-state index contributed by atoms with van der Waals surface area (Å²) in [5, 5.41) is 2.81. The Labute approximate surface area is 134 Å². The average Bonchev–Trinajstić information content (AvgIpc) is 2.63. The van der Waals surface area contributed by atoms with Gasteiger partial charge in [-0.05, 0) is 24.3 Å². The van der Waals surface area contributed by atoms with Crippen LogP contribution in [0.3, 0.4) is 0 Å². The second-order valence-electron chi connectivity index (χ2n) is 5.35. The number of hydrogen-bond acceptors (Lipinski definition) is 4. The topological polar surface area (TPSA) is 65.5 Å². The van der Waals surface area contributed by atoms with E-state index in [4.69, 9.17) is 0 Å². The SMILES string of the molecule is O=CN1CCN(c2ccc(C(=O)Nc3ccccc3)nc2)CC1. The molecule has 1 aromatic carbocycles. The first-order valence-corrected chi connectivity index (χ1v) is 7.53. The first-order valence-electron chi connectivity index (χ1n) is 7.53. The minimum absolute atomic E-state index is 0.228. The van der Waals surface area contributed by atoms with Crippen LogP contribution < -0.4 is 10.2 Å². The van der Waals surface area contributed by atoms with Crippen LogP contribution in [0.25, 0.3) is 0 Å². The summed E-state index contributed by atoms with van der Waals surface area (Å²) in [6.07, 6.45) is 2.59. The van der Waals surface area contributed by atoms with Crippen molar-refractivity contribution in [2.75, 3.05) is 36.4 Å². The quantitative estimate of drug-likeness (QED) is 0.871. The van der Waals surface area contributed by atoms with Crippen molar-refractivity contribution in [1.82, 2.24) is 9.88 Å². The highest BCUT2D eigenvalue weighted by molar-refractivity contribution is 6.02. The minimum atomic E-state index is -0.228. The van der Waals surface area contributed by atoms with Gasteiger partial charge in [0.25, 0.3) is 5.91 Å². The third-order valence-corrected chi connectivity index (χ3v) is 3.84. The van der Waals surface area contributed by atoms with E-state index >= 15 is 0 Å². The van der Waals surface area contributed by atoms with Crippen LogP contribution in [-0.2, 0) is 4.79 Å². The molecule has 0 radical (unpaired) electrons. The molecule has 2 amide bonds. The first kappa shape index (κ1) is 15.0. The molecule has 1 aliphatic rings. The molecule has 6 heteroatoms. The van der Waals surface area contributed by atoms with Crippen LogP contribution in [0, 0.1) is 0 Å². The fraction of sp³-hybridized carbons (Fsp3) is 0.235. The summed E-state index contributed by atoms with van der Waals surface area (Å²) in [6.45, 7) is 2.96. The Morgan fingerprint density at radius 2 is 1.78 bits per heavy atom. The van der Waals surface area contributed by atoms with E-state index in [0.29, 0.717) is 18.8 Å². The number of nitrogens with one attached hydrogen (secondary N) is 1.